The summed E-state index contributed by atoms with van der Waals surface area (Å²) >= 11 is 1.25. The molecule has 106 valence electrons. The molecule has 0 radical (unpaired) electrons. The Bertz CT molecular complexity index is 608. The first-order valence-corrected chi connectivity index (χ1v) is 7.24. The number of hydrogen-bond acceptors (Lipinski definition) is 3. The average Bonchev–Trinajstić information content (AvgIpc) is 2.84. The zero-order valence-electron chi connectivity index (χ0n) is 11.8. The third-order valence-electron chi connectivity index (χ3n) is 2.94. The van der Waals surface area contributed by atoms with Crippen LogP contribution in [0.15, 0.2) is 36.4 Å². The highest BCUT2D eigenvalue weighted by Gasteiger charge is 2.18. The lowest BCUT2D eigenvalue weighted by molar-refractivity contribution is 0.0702. The average molecular weight is 290 g/mol. The van der Waals surface area contributed by atoms with Crippen LogP contribution in [0.4, 0.5) is 0 Å². The third kappa shape index (κ3) is 3.39. The van der Waals surface area contributed by atoms with E-state index < -0.39 is 5.97 Å². The van der Waals surface area contributed by atoms with Gasteiger partial charge >= 0.3 is 5.97 Å². The quantitative estimate of drug-likeness (QED) is 0.912. The Labute approximate surface area is 122 Å². The van der Waals surface area contributed by atoms with Gasteiger partial charge in [-0.05, 0) is 29.2 Å². The summed E-state index contributed by atoms with van der Waals surface area (Å²) in [5, 5.41) is 8.90. The molecule has 20 heavy (non-hydrogen) atoms. The molecular weight excluding hydrogens is 272 g/mol. The fourth-order valence-corrected chi connectivity index (χ4v) is 2.69. The van der Waals surface area contributed by atoms with E-state index in [-0.39, 0.29) is 5.41 Å². The van der Waals surface area contributed by atoms with Crippen LogP contribution < -0.4 is 4.74 Å². The number of hydrogen-bond donors (Lipinski definition) is 1. The van der Waals surface area contributed by atoms with E-state index in [1.54, 1.807) is 12.1 Å². The van der Waals surface area contributed by atoms with Crippen LogP contribution in [0, 0.1) is 0 Å². The van der Waals surface area contributed by atoms with Crippen molar-refractivity contribution in [3.63, 3.8) is 0 Å². The number of benzene rings is 1. The first-order valence-electron chi connectivity index (χ1n) is 6.42. The molecule has 0 unspecified atom stereocenters. The first kappa shape index (κ1) is 14.6. The van der Waals surface area contributed by atoms with E-state index in [0.29, 0.717) is 11.5 Å². The molecule has 2 rings (SSSR count). The Morgan fingerprint density at radius 1 is 1.20 bits per heavy atom. The van der Waals surface area contributed by atoms with Crippen LogP contribution >= 0.6 is 11.3 Å². The number of thiophene rings is 1. The van der Waals surface area contributed by atoms with Crippen molar-refractivity contribution >= 4 is 17.3 Å². The molecule has 0 aliphatic rings. The van der Waals surface area contributed by atoms with Crippen molar-refractivity contribution in [2.75, 3.05) is 0 Å². The highest BCUT2D eigenvalue weighted by molar-refractivity contribution is 7.13. The van der Waals surface area contributed by atoms with Crippen LogP contribution in [0.5, 0.6) is 5.75 Å². The third-order valence-corrected chi connectivity index (χ3v) is 3.98. The van der Waals surface area contributed by atoms with Gasteiger partial charge in [-0.3, -0.25) is 0 Å². The molecule has 0 amide bonds. The predicted molar refractivity (Wildman–Crippen MR) is 80.8 cm³/mol. The zero-order valence-corrected chi connectivity index (χ0v) is 12.7. The molecule has 1 N–H and O–H groups in total. The summed E-state index contributed by atoms with van der Waals surface area (Å²) < 4.78 is 5.86. The molecule has 0 fully saturated rings. The molecule has 0 spiro atoms. The molecule has 1 heterocycles. The van der Waals surface area contributed by atoms with Gasteiger partial charge in [-0.1, -0.05) is 39.0 Å². The van der Waals surface area contributed by atoms with E-state index in [0.717, 1.165) is 16.2 Å². The van der Waals surface area contributed by atoms with E-state index in [9.17, 15) is 4.79 Å². The van der Waals surface area contributed by atoms with Crippen molar-refractivity contribution in [3.8, 4) is 5.75 Å². The molecule has 0 saturated carbocycles. The second kappa shape index (κ2) is 5.67. The van der Waals surface area contributed by atoms with Crippen molar-refractivity contribution in [3.05, 3.63) is 51.7 Å². The Morgan fingerprint density at radius 3 is 2.50 bits per heavy atom. The number of carbonyl (C=O) groups is 1. The number of aromatic carboxylic acids is 1. The summed E-state index contributed by atoms with van der Waals surface area (Å²) in [6, 6.07) is 11.4. The molecule has 1 aromatic heterocycles. The van der Waals surface area contributed by atoms with Crippen molar-refractivity contribution in [1.82, 2.24) is 0 Å². The van der Waals surface area contributed by atoms with E-state index >= 15 is 0 Å². The zero-order chi connectivity index (χ0) is 14.8. The van der Waals surface area contributed by atoms with E-state index in [2.05, 4.69) is 26.8 Å². The van der Waals surface area contributed by atoms with Gasteiger partial charge in [0.05, 0.1) is 0 Å². The van der Waals surface area contributed by atoms with Crippen LogP contribution in [0.1, 0.15) is 40.9 Å². The van der Waals surface area contributed by atoms with E-state index in [4.69, 9.17) is 9.84 Å². The summed E-state index contributed by atoms with van der Waals surface area (Å²) in [6.45, 7) is 6.82. The van der Waals surface area contributed by atoms with Crippen LogP contribution in [0.3, 0.4) is 0 Å². The molecule has 3 nitrogen and oxygen atoms in total. The maximum Gasteiger partial charge on any atom is 0.345 e. The minimum Gasteiger partial charge on any atom is -0.488 e. The maximum atomic E-state index is 10.8. The molecule has 0 aliphatic carbocycles. The van der Waals surface area contributed by atoms with Gasteiger partial charge in [0, 0.05) is 4.88 Å². The smallest absolute Gasteiger partial charge is 0.345 e. The molecule has 4 heteroatoms. The van der Waals surface area contributed by atoms with Gasteiger partial charge in [-0.25, -0.2) is 4.79 Å². The minimum atomic E-state index is -0.892. The summed E-state index contributed by atoms with van der Waals surface area (Å²) in [5.41, 5.74) is 1.16. The standard InChI is InChI=1S/C16H18O3S/c1-16(2,3)12-6-4-5-7-13(12)19-10-11-8-9-14(20-11)15(17)18/h4-9H,10H2,1-3H3,(H,17,18). The molecule has 0 aliphatic heterocycles. The number of carboxylic acid groups (broad SMARTS) is 1. The van der Waals surface area contributed by atoms with Gasteiger partial charge < -0.3 is 9.84 Å². The number of para-hydroxylation sites is 1. The van der Waals surface area contributed by atoms with Crippen LogP contribution in [0.25, 0.3) is 0 Å². The van der Waals surface area contributed by atoms with Crippen LogP contribution in [-0.4, -0.2) is 11.1 Å². The van der Waals surface area contributed by atoms with Crippen molar-refractivity contribution in [1.29, 1.82) is 0 Å². The summed E-state index contributed by atoms with van der Waals surface area (Å²) in [6.07, 6.45) is 0. The fourth-order valence-electron chi connectivity index (χ4n) is 1.93. The fraction of sp³-hybridized carbons (Fsp3) is 0.312. The largest absolute Gasteiger partial charge is 0.488 e. The van der Waals surface area contributed by atoms with Crippen molar-refractivity contribution in [2.24, 2.45) is 0 Å². The van der Waals surface area contributed by atoms with E-state index in [1.807, 2.05) is 18.2 Å². The normalized spacial score (nSPS) is 11.3. The van der Waals surface area contributed by atoms with Crippen LogP contribution in [-0.2, 0) is 12.0 Å². The predicted octanol–water partition coefficient (Wildman–Crippen LogP) is 4.32. The van der Waals surface area contributed by atoms with Gasteiger partial charge in [0.25, 0.3) is 0 Å². The summed E-state index contributed by atoms with van der Waals surface area (Å²) in [4.78, 5) is 12.1. The Kier molecular flexibility index (Phi) is 4.14. The molecular formula is C16H18O3S. The van der Waals surface area contributed by atoms with Gasteiger partial charge in [0.2, 0.25) is 0 Å². The van der Waals surface area contributed by atoms with Crippen molar-refractivity contribution in [2.45, 2.75) is 32.8 Å². The Morgan fingerprint density at radius 2 is 1.90 bits per heavy atom. The monoisotopic (exact) mass is 290 g/mol. The Balaban J connectivity index is 2.13. The molecule has 0 bridgehead atoms. The maximum absolute atomic E-state index is 10.8. The highest BCUT2D eigenvalue weighted by Crippen LogP contribution is 2.31. The van der Waals surface area contributed by atoms with Gasteiger partial charge in [-0.15, -0.1) is 11.3 Å². The first-order chi connectivity index (χ1) is 9.38. The van der Waals surface area contributed by atoms with Gasteiger partial charge in [-0.2, -0.15) is 0 Å². The van der Waals surface area contributed by atoms with E-state index in [1.165, 1.54) is 11.3 Å². The number of rotatable bonds is 4. The lowest BCUT2D eigenvalue weighted by Gasteiger charge is -2.22. The number of carboxylic acids is 1. The molecule has 0 atom stereocenters. The molecule has 2 aromatic rings. The second-order valence-electron chi connectivity index (χ2n) is 5.61. The SMILES string of the molecule is CC(C)(C)c1ccccc1OCc1ccc(C(=O)O)s1. The second-order valence-corrected chi connectivity index (χ2v) is 6.77. The summed E-state index contributed by atoms with van der Waals surface area (Å²) in [7, 11) is 0. The Hall–Kier alpha value is -1.81. The van der Waals surface area contributed by atoms with Gasteiger partial charge in [0.15, 0.2) is 0 Å². The molecule has 0 saturated heterocycles. The summed E-state index contributed by atoms with van der Waals surface area (Å²) in [5.74, 6) is -0.0402. The minimum absolute atomic E-state index is 0.0122. The van der Waals surface area contributed by atoms with Gasteiger partial charge in [0.1, 0.15) is 17.2 Å². The van der Waals surface area contributed by atoms with Crippen molar-refractivity contribution < 1.29 is 14.6 Å². The lowest BCUT2D eigenvalue weighted by atomic mass is 9.86. The number of ether oxygens (including phenoxy) is 1. The highest BCUT2D eigenvalue weighted by atomic mass is 32.1. The van der Waals surface area contributed by atoms with Crippen LogP contribution in [0.2, 0.25) is 0 Å². The lowest BCUT2D eigenvalue weighted by Crippen LogP contribution is -2.13. The topological polar surface area (TPSA) is 46.5 Å². The molecule has 1 aromatic carbocycles.